The zero-order valence-corrected chi connectivity index (χ0v) is 13.8. The third-order valence-electron chi connectivity index (χ3n) is 3.51. The van der Waals surface area contributed by atoms with Crippen LogP contribution in [-0.2, 0) is 16.1 Å². The van der Waals surface area contributed by atoms with E-state index in [9.17, 15) is 9.59 Å². The van der Waals surface area contributed by atoms with E-state index < -0.39 is 0 Å². The second-order valence-electron chi connectivity index (χ2n) is 4.96. The third-order valence-corrected chi connectivity index (χ3v) is 5.44. The van der Waals surface area contributed by atoms with E-state index in [1.165, 1.54) is 11.3 Å². The van der Waals surface area contributed by atoms with Gasteiger partial charge in [-0.25, -0.2) is 4.98 Å². The highest BCUT2D eigenvalue weighted by Gasteiger charge is 2.30. The van der Waals surface area contributed by atoms with Crippen molar-refractivity contribution in [3.05, 3.63) is 27.6 Å². The Morgan fingerprint density at radius 1 is 1.59 bits per heavy atom. The average molecular weight is 339 g/mol. The minimum Gasteiger partial charge on any atom is -0.465 e. The standard InChI is InChI=1S/C14H17N3O3S2/c1-2-20-14(19)10-8-21-6-4-17(10)7-11-15-9-3-5-22-12(9)13(18)16-11/h3,5,10H,2,4,6-8H2,1H3,(H,15,16,18)/t10-/m0/s1. The van der Waals surface area contributed by atoms with Crippen molar-refractivity contribution >= 4 is 39.3 Å². The van der Waals surface area contributed by atoms with Gasteiger partial charge in [-0.1, -0.05) is 0 Å². The number of nitrogens with one attached hydrogen (secondary N) is 1. The highest BCUT2D eigenvalue weighted by atomic mass is 32.2. The van der Waals surface area contributed by atoms with Crippen LogP contribution in [0.4, 0.5) is 0 Å². The van der Waals surface area contributed by atoms with Gasteiger partial charge in [-0.05, 0) is 18.4 Å². The van der Waals surface area contributed by atoms with Gasteiger partial charge in [-0.15, -0.1) is 11.3 Å². The van der Waals surface area contributed by atoms with Crippen molar-refractivity contribution in [1.82, 2.24) is 14.9 Å². The largest absolute Gasteiger partial charge is 0.465 e. The van der Waals surface area contributed by atoms with Crippen LogP contribution in [0.15, 0.2) is 16.2 Å². The summed E-state index contributed by atoms with van der Waals surface area (Å²) in [6.07, 6.45) is 0. The van der Waals surface area contributed by atoms with Crippen LogP contribution < -0.4 is 5.56 Å². The quantitative estimate of drug-likeness (QED) is 0.850. The first-order valence-electron chi connectivity index (χ1n) is 7.14. The second-order valence-corrected chi connectivity index (χ2v) is 7.03. The number of thiophene rings is 1. The first kappa shape index (κ1) is 15.5. The Bertz CT molecular complexity index is 727. The molecule has 0 amide bonds. The molecule has 3 rings (SSSR count). The maximum atomic E-state index is 12.1. The Labute approximate surface area is 135 Å². The predicted octanol–water partition coefficient (Wildman–Crippen LogP) is 1.47. The number of thioether (sulfide) groups is 1. The Balaban J connectivity index is 1.82. The number of hydrogen-bond acceptors (Lipinski definition) is 7. The zero-order chi connectivity index (χ0) is 15.5. The molecule has 118 valence electrons. The molecule has 0 aromatic carbocycles. The molecule has 1 atom stereocenters. The van der Waals surface area contributed by atoms with Crippen LogP contribution in [0.5, 0.6) is 0 Å². The number of carbonyl (C=O) groups is 1. The summed E-state index contributed by atoms with van der Waals surface area (Å²) in [7, 11) is 0. The number of ether oxygens (including phenoxy) is 1. The fourth-order valence-corrected chi connectivity index (χ4v) is 4.30. The smallest absolute Gasteiger partial charge is 0.324 e. The number of carbonyl (C=O) groups excluding carboxylic acids is 1. The summed E-state index contributed by atoms with van der Waals surface area (Å²) >= 11 is 3.13. The molecule has 0 bridgehead atoms. The summed E-state index contributed by atoms with van der Waals surface area (Å²) < 4.78 is 5.79. The molecule has 22 heavy (non-hydrogen) atoms. The van der Waals surface area contributed by atoms with Crippen LogP contribution in [0.3, 0.4) is 0 Å². The van der Waals surface area contributed by atoms with Gasteiger partial charge in [-0.3, -0.25) is 14.5 Å². The fourth-order valence-electron chi connectivity index (χ4n) is 2.47. The lowest BCUT2D eigenvalue weighted by Crippen LogP contribution is -2.47. The maximum Gasteiger partial charge on any atom is 0.324 e. The van der Waals surface area contributed by atoms with Gasteiger partial charge in [-0.2, -0.15) is 11.8 Å². The van der Waals surface area contributed by atoms with Gasteiger partial charge in [0.25, 0.3) is 5.56 Å². The van der Waals surface area contributed by atoms with Gasteiger partial charge in [0.05, 0.1) is 18.7 Å². The highest BCUT2D eigenvalue weighted by molar-refractivity contribution is 7.99. The molecule has 0 saturated carbocycles. The number of rotatable bonds is 4. The van der Waals surface area contributed by atoms with Crippen LogP contribution in [0.25, 0.3) is 10.2 Å². The predicted molar refractivity (Wildman–Crippen MR) is 88.4 cm³/mol. The highest BCUT2D eigenvalue weighted by Crippen LogP contribution is 2.20. The van der Waals surface area contributed by atoms with Crippen LogP contribution in [0, 0.1) is 0 Å². The molecule has 3 heterocycles. The Hall–Kier alpha value is -1.38. The van der Waals surface area contributed by atoms with Crippen molar-refractivity contribution in [3.63, 3.8) is 0 Å². The van der Waals surface area contributed by atoms with E-state index in [-0.39, 0.29) is 17.6 Å². The molecule has 1 N–H and O–H groups in total. The number of fused-ring (bicyclic) bond motifs is 1. The van der Waals surface area contributed by atoms with Gasteiger partial charge in [0.15, 0.2) is 0 Å². The van der Waals surface area contributed by atoms with Crippen molar-refractivity contribution in [3.8, 4) is 0 Å². The number of esters is 1. The van der Waals surface area contributed by atoms with Crippen LogP contribution in [-0.4, -0.2) is 51.5 Å². The normalized spacial score (nSPS) is 19.4. The van der Waals surface area contributed by atoms with Crippen molar-refractivity contribution in [1.29, 1.82) is 0 Å². The first-order chi connectivity index (χ1) is 10.7. The van der Waals surface area contributed by atoms with E-state index in [0.717, 1.165) is 12.3 Å². The van der Waals surface area contributed by atoms with Crippen molar-refractivity contribution in [2.24, 2.45) is 0 Å². The molecule has 2 aromatic rings. The average Bonchev–Trinajstić information content (AvgIpc) is 2.97. The lowest BCUT2D eigenvalue weighted by Gasteiger charge is -2.33. The van der Waals surface area contributed by atoms with Crippen LogP contribution in [0.2, 0.25) is 0 Å². The first-order valence-corrected chi connectivity index (χ1v) is 9.17. The van der Waals surface area contributed by atoms with Crippen molar-refractivity contribution < 1.29 is 9.53 Å². The monoisotopic (exact) mass is 339 g/mol. The molecule has 8 heteroatoms. The minimum absolute atomic E-state index is 0.117. The number of aromatic nitrogens is 2. The zero-order valence-electron chi connectivity index (χ0n) is 12.2. The molecule has 0 radical (unpaired) electrons. The van der Waals surface area contributed by atoms with E-state index in [2.05, 4.69) is 9.97 Å². The summed E-state index contributed by atoms with van der Waals surface area (Å²) in [6, 6.07) is 1.57. The second kappa shape index (κ2) is 6.80. The Morgan fingerprint density at radius 3 is 3.27 bits per heavy atom. The molecule has 2 aromatic heterocycles. The summed E-state index contributed by atoms with van der Waals surface area (Å²) in [5.41, 5.74) is 0.594. The van der Waals surface area contributed by atoms with Crippen LogP contribution in [0.1, 0.15) is 12.7 Å². The molecule has 0 spiro atoms. The van der Waals surface area contributed by atoms with E-state index in [1.54, 1.807) is 11.8 Å². The number of hydrogen-bond donors (Lipinski definition) is 1. The molecular weight excluding hydrogens is 322 g/mol. The maximum absolute atomic E-state index is 12.1. The van der Waals surface area contributed by atoms with E-state index in [4.69, 9.17) is 4.74 Å². The van der Waals surface area contributed by atoms with Gasteiger partial charge >= 0.3 is 5.97 Å². The number of nitrogens with zero attached hydrogens (tertiary/aromatic N) is 2. The SMILES string of the molecule is CCOC(=O)[C@@H]1CSCCN1Cc1nc2ccsc2c(=O)[nH]1. The Kier molecular flexibility index (Phi) is 4.80. The van der Waals surface area contributed by atoms with Gasteiger partial charge in [0, 0.05) is 18.1 Å². The molecule has 1 aliphatic rings. The topological polar surface area (TPSA) is 75.3 Å². The summed E-state index contributed by atoms with van der Waals surface area (Å²) in [6.45, 7) is 3.41. The number of aromatic amines is 1. The molecule has 0 unspecified atom stereocenters. The van der Waals surface area contributed by atoms with Gasteiger partial charge in [0.2, 0.25) is 0 Å². The molecule has 1 aliphatic heterocycles. The molecular formula is C14H17N3O3S2. The molecule has 1 fully saturated rings. The van der Waals surface area contributed by atoms with E-state index in [0.29, 0.717) is 34.9 Å². The fraction of sp³-hybridized carbons (Fsp3) is 0.500. The third kappa shape index (κ3) is 3.18. The number of H-pyrrole nitrogens is 1. The lowest BCUT2D eigenvalue weighted by molar-refractivity contribution is -0.149. The minimum atomic E-state index is -0.276. The van der Waals surface area contributed by atoms with E-state index >= 15 is 0 Å². The van der Waals surface area contributed by atoms with Crippen molar-refractivity contribution in [2.75, 3.05) is 24.7 Å². The van der Waals surface area contributed by atoms with Gasteiger partial charge < -0.3 is 9.72 Å². The summed E-state index contributed by atoms with van der Waals surface area (Å²) in [4.78, 5) is 33.4. The van der Waals surface area contributed by atoms with Crippen molar-refractivity contribution in [2.45, 2.75) is 19.5 Å². The van der Waals surface area contributed by atoms with E-state index in [1.807, 2.05) is 23.3 Å². The summed E-state index contributed by atoms with van der Waals surface area (Å²) in [5.74, 6) is 2.07. The molecule has 6 nitrogen and oxygen atoms in total. The lowest BCUT2D eigenvalue weighted by atomic mass is 10.2. The summed E-state index contributed by atoms with van der Waals surface area (Å²) in [5, 5.41) is 1.86. The Morgan fingerprint density at radius 2 is 2.45 bits per heavy atom. The van der Waals surface area contributed by atoms with Gasteiger partial charge in [0.1, 0.15) is 16.6 Å². The van der Waals surface area contributed by atoms with Crippen LogP contribution >= 0.6 is 23.1 Å². The molecule has 0 aliphatic carbocycles. The molecule has 1 saturated heterocycles.